The third-order valence-corrected chi connectivity index (χ3v) is 6.06. The van der Waals surface area contributed by atoms with E-state index in [1.54, 1.807) is 41.2 Å². The van der Waals surface area contributed by atoms with E-state index in [2.05, 4.69) is 10.1 Å². The smallest absolute Gasteiger partial charge is 0.195 e. The van der Waals surface area contributed by atoms with Crippen LogP contribution in [0.3, 0.4) is 0 Å². The number of carbonyl (C=O) groups is 1. The van der Waals surface area contributed by atoms with E-state index in [0.717, 1.165) is 19.3 Å². The number of nitrogens with zero attached hydrogens (tertiary/aromatic N) is 3. The van der Waals surface area contributed by atoms with Gasteiger partial charge in [-0.2, -0.15) is 5.10 Å². The maximum absolute atomic E-state index is 13.5. The number of nitrogens with two attached hydrogens (primary N) is 1. The summed E-state index contributed by atoms with van der Waals surface area (Å²) in [6.07, 6.45) is 6.29. The Morgan fingerprint density at radius 2 is 1.97 bits per heavy atom. The lowest BCUT2D eigenvalue weighted by Gasteiger charge is -2.22. The highest BCUT2D eigenvalue weighted by Crippen LogP contribution is 2.34. The standard InChI is InChI=1S/C22H18Cl2N4O2/c23-16-7-6-12(15-11-28(27-21(15)16)18-5-1-2-9-30-18)22(29)14-10-17(24)20-13(19(14)25)4-3-8-26-20/h3-4,6-8,10-11,18H,1-2,5,9,25H2. The summed E-state index contributed by atoms with van der Waals surface area (Å²) in [5, 5.41) is 6.75. The van der Waals surface area contributed by atoms with Crippen LogP contribution in [0.2, 0.25) is 10.0 Å². The maximum atomic E-state index is 13.5. The fourth-order valence-electron chi connectivity index (χ4n) is 3.93. The molecule has 4 aromatic rings. The van der Waals surface area contributed by atoms with Gasteiger partial charge in [0.05, 0.1) is 21.2 Å². The third kappa shape index (κ3) is 3.12. The number of anilines is 1. The summed E-state index contributed by atoms with van der Waals surface area (Å²) in [6.45, 7) is 0.695. The minimum absolute atomic E-state index is 0.156. The molecule has 1 unspecified atom stereocenters. The number of aromatic nitrogens is 3. The topological polar surface area (TPSA) is 83.0 Å². The van der Waals surface area contributed by atoms with E-state index >= 15 is 0 Å². The van der Waals surface area contributed by atoms with Crippen molar-refractivity contribution in [3.05, 3.63) is 63.9 Å². The molecule has 5 rings (SSSR count). The van der Waals surface area contributed by atoms with Crippen LogP contribution in [-0.4, -0.2) is 27.2 Å². The largest absolute Gasteiger partial charge is 0.398 e. The predicted molar refractivity (Wildman–Crippen MR) is 118 cm³/mol. The van der Waals surface area contributed by atoms with Crippen LogP contribution in [0.5, 0.6) is 0 Å². The van der Waals surface area contributed by atoms with E-state index in [1.165, 1.54) is 0 Å². The van der Waals surface area contributed by atoms with Crippen LogP contribution in [0, 0.1) is 0 Å². The highest BCUT2D eigenvalue weighted by atomic mass is 35.5. The van der Waals surface area contributed by atoms with Crippen molar-refractivity contribution in [2.24, 2.45) is 0 Å². The molecular weight excluding hydrogens is 423 g/mol. The number of fused-ring (bicyclic) bond motifs is 2. The SMILES string of the molecule is Nc1c(C(=O)c2ccc(Cl)c3nn(C4CCCCO4)cc23)cc(Cl)c2ncccc12. The zero-order valence-electron chi connectivity index (χ0n) is 15.9. The van der Waals surface area contributed by atoms with Crippen molar-refractivity contribution in [3.8, 4) is 0 Å². The molecule has 0 radical (unpaired) electrons. The van der Waals surface area contributed by atoms with Gasteiger partial charge in [0.25, 0.3) is 0 Å². The monoisotopic (exact) mass is 440 g/mol. The van der Waals surface area contributed by atoms with E-state index in [4.69, 9.17) is 33.7 Å². The average Bonchev–Trinajstić information content (AvgIpc) is 3.23. The van der Waals surface area contributed by atoms with Crippen LogP contribution in [0.25, 0.3) is 21.8 Å². The first-order valence-electron chi connectivity index (χ1n) is 9.71. The summed E-state index contributed by atoms with van der Waals surface area (Å²) in [4.78, 5) is 17.8. The van der Waals surface area contributed by atoms with Gasteiger partial charge in [0.2, 0.25) is 0 Å². The van der Waals surface area contributed by atoms with Crippen LogP contribution in [0.15, 0.2) is 42.7 Å². The van der Waals surface area contributed by atoms with Gasteiger partial charge in [-0.15, -0.1) is 0 Å². The summed E-state index contributed by atoms with van der Waals surface area (Å²) in [6, 6.07) is 8.51. The lowest BCUT2D eigenvalue weighted by molar-refractivity contribution is -0.0390. The van der Waals surface area contributed by atoms with Crippen LogP contribution in [0.4, 0.5) is 5.69 Å². The number of ether oxygens (including phenoxy) is 1. The molecule has 8 heteroatoms. The fourth-order valence-corrected chi connectivity index (χ4v) is 4.39. The number of benzene rings is 2. The van der Waals surface area contributed by atoms with Crippen LogP contribution in [0.1, 0.15) is 41.4 Å². The molecule has 0 saturated carbocycles. The molecule has 1 atom stereocenters. The Labute approximate surface area is 182 Å². The summed E-state index contributed by atoms with van der Waals surface area (Å²) in [5.74, 6) is -0.245. The molecule has 3 heterocycles. The van der Waals surface area contributed by atoms with E-state index in [-0.39, 0.29) is 12.0 Å². The van der Waals surface area contributed by atoms with Gasteiger partial charge in [0.1, 0.15) is 11.7 Å². The summed E-state index contributed by atoms with van der Waals surface area (Å²) in [5.41, 5.74) is 8.59. The van der Waals surface area contributed by atoms with Crippen molar-refractivity contribution in [1.82, 2.24) is 14.8 Å². The number of halogens is 2. The highest BCUT2D eigenvalue weighted by Gasteiger charge is 2.23. The van der Waals surface area contributed by atoms with Gasteiger partial charge in [-0.05, 0) is 49.6 Å². The molecule has 1 saturated heterocycles. The Balaban J connectivity index is 1.65. The second-order valence-electron chi connectivity index (χ2n) is 7.34. The molecule has 2 N–H and O–H groups in total. The van der Waals surface area contributed by atoms with Gasteiger partial charge in [-0.25, -0.2) is 4.68 Å². The van der Waals surface area contributed by atoms with Crippen molar-refractivity contribution in [3.63, 3.8) is 0 Å². The van der Waals surface area contributed by atoms with E-state index in [1.807, 2.05) is 6.20 Å². The molecule has 1 aliphatic rings. The summed E-state index contributed by atoms with van der Waals surface area (Å²) >= 11 is 12.8. The Hall–Kier alpha value is -2.67. The normalized spacial score (nSPS) is 16.9. The first-order chi connectivity index (χ1) is 14.5. The Morgan fingerprint density at radius 1 is 1.10 bits per heavy atom. The Kier molecular flexibility index (Phi) is 4.85. The van der Waals surface area contributed by atoms with E-state index < -0.39 is 0 Å². The number of ketones is 1. The van der Waals surface area contributed by atoms with Crippen molar-refractivity contribution in [2.75, 3.05) is 12.3 Å². The average molecular weight is 441 g/mol. The fraction of sp³-hybridized carbons (Fsp3) is 0.227. The van der Waals surface area contributed by atoms with Gasteiger partial charge < -0.3 is 10.5 Å². The van der Waals surface area contributed by atoms with Crippen LogP contribution >= 0.6 is 23.2 Å². The number of rotatable bonds is 3. The zero-order valence-corrected chi connectivity index (χ0v) is 17.5. The predicted octanol–water partition coefficient (Wildman–Crippen LogP) is 5.40. The number of nitrogen functional groups attached to an aromatic ring is 1. The second kappa shape index (κ2) is 7.54. The van der Waals surface area contributed by atoms with Gasteiger partial charge in [0.15, 0.2) is 5.78 Å². The zero-order chi connectivity index (χ0) is 20.8. The van der Waals surface area contributed by atoms with Crippen molar-refractivity contribution < 1.29 is 9.53 Å². The second-order valence-corrected chi connectivity index (χ2v) is 8.15. The molecule has 152 valence electrons. The lowest BCUT2D eigenvalue weighted by atomic mass is 9.97. The third-order valence-electron chi connectivity index (χ3n) is 5.47. The molecule has 0 amide bonds. The summed E-state index contributed by atoms with van der Waals surface area (Å²) < 4.78 is 7.59. The molecule has 30 heavy (non-hydrogen) atoms. The van der Waals surface area contributed by atoms with Gasteiger partial charge in [-0.3, -0.25) is 9.78 Å². The van der Waals surface area contributed by atoms with Gasteiger partial charge >= 0.3 is 0 Å². The maximum Gasteiger partial charge on any atom is 0.195 e. The molecule has 2 aromatic heterocycles. The molecule has 0 aliphatic carbocycles. The van der Waals surface area contributed by atoms with Gasteiger partial charge in [-0.1, -0.05) is 23.2 Å². The van der Waals surface area contributed by atoms with E-state index in [0.29, 0.717) is 55.3 Å². The number of carbonyl (C=O) groups excluding carboxylic acids is 1. The van der Waals surface area contributed by atoms with Crippen molar-refractivity contribution in [2.45, 2.75) is 25.5 Å². The number of pyridine rings is 1. The molecule has 1 fully saturated rings. The van der Waals surface area contributed by atoms with Crippen LogP contribution in [-0.2, 0) is 4.74 Å². The molecular formula is C22H18Cl2N4O2. The minimum atomic E-state index is -0.245. The number of hydrogen-bond donors (Lipinski definition) is 1. The molecule has 0 bridgehead atoms. The lowest BCUT2D eigenvalue weighted by Crippen LogP contribution is -2.18. The van der Waals surface area contributed by atoms with Crippen LogP contribution < -0.4 is 5.73 Å². The number of hydrogen-bond acceptors (Lipinski definition) is 5. The molecule has 2 aromatic carbocycles. The quantitative estimate of drug-likeness (QED) is 0.340. The minimum Gasteiger partial charge on any atom is -0.398 e. The Morgan fingerprint density at radius 3 is 2.77 bits per heavy atom. The molecule has 0 spiro atoms. The first-order valence-corrected chi connectivity index (χ1v) is 10.5. The van der Waals surface area contributed by atoms with Crippen molar-refractivity contribution >= 4 is 56.5 Å². The molecule has 1 aliphatic heterocycles. The molecule has 6 nitrogen and oxygen atoms in total. The highest BCUT2D eigenvalue weighted by molar-refractivity contribution is 6.38. The first kappa shape index (κ1) is 19.3. The summed E-state index contributed by atoms with van der Waals surface area (Å²) in [7, 11) is 0. The van der Waals surface area contributed by atoms with Crippen molar-refractivity contribution in [1.29, 1.82) is 0 Å². The van der Waals surface area contributed by atoms with E-state index in [9.17, 15) is 4.79 Å². The van der Waals surface area contributed by atoms with Gasteiger partial charge in [0, 0.05) is 40.9 Å². The Bertz CT molecular complexity index is 1300.